The SMILES string of the molecule is COC(=O)c1ccc(-n2cc([C@]3(OC(C)=O)CC[C@H]4[C@@H]5CCC6=CC(=O)CC[C@@H]6[C@H]5CC[C@@]43C)nn2)cc1. The number of rotatable bonds is 4. The monoisotopic (exact) mass is 517 g/mol. The molecule has 38 heavy (non-hydrogen) atoms. The number of benzene rings is 1. The number of esters is 2. The van der Waals surface area contributed by atoms with E-state index in [1.54, 1.807) is 28.9 Å². The fraction of sp³-hybridized carbons (Fsp3) is 0.567. The molecule has 4 aliphatic rings. The highest BCUT2D eigenvalue weighted by molar-refractivity contribution is 5.91. The number of ketones is 1. The Morgan fingerprint density at radius 1 is 1.03 bits per heavy atom. The highest BCUT2D eigenvalue weighted by atomic mass is 16.6. The molecule has 200 valence electrons. The third kappa shape index (κ3) is 3.75. The van der Waals surface area contributed by atoms with E-state index in [0.717, 1.165) is 50.6 Å². The molecule has 0 saturated heterocycles. The zero-order valence-corrected chi connectivity index (χ0v) is 22.3. The number of nitrogens with zero attached hydrogens (tertiary/aromatic N) is 3. The summed E-state index contributed by atoms with van der Waals surface area (Å²) >= 11 is 0. The van der Waals surface area contributed by atoms with E-state index in [1.807, 2.05) is 12.3 Å². The van der Waals surface area contributed by atoms with Gasteiger partial charge in [-0.25, -0.2) is 9.48 Å². The topological polar surface area (TPSA) is 100 Å². The molecule has 6 rings (SSSR count). The molecular formula is C30H35N3O5. The van der Waals surface area contributed by atoms with Crippen LogP contribution in [0.25, 0.3) is 5.69 Å². The first-order chi connectivity index (χ1) is 18.3. The van der Waals surface area contributed by atoms with E-state index < -0.39 is 11.6 Å². The predicted octanol–water partition coefficient (Wildman–Crippen LogP) is 4.95. The van der Waals surface area contributed by atoms with Crippen LogP contribution in [0.2, 0.25) is 0 Å². The fourth-order valence-electron chi connectivity index (χ4n) is 8.51. The van der Waals surface area contributed by atoms with Crippen LogP contribution in [0.1, 0.15) is 81.3 Å². The maximum Gasteiger partial charge on any atom is 0.337 e. The summed E-state index contributed by atoms with van der Waals surface area (Å²) in [5, 5.41) is 8.99. The number of ether oxygens (including phenoxy) is 2. The van der Waals surface area contributed by atoms with Gasteiger partial charge in [-0.2, -0.15) is 0 Å². The van der Waals surface area contributed by atoms with Gasteiger partial charge in [0.05, 0.1) is 24.6 Å². The normalized spacial score (nSPS) is 34.0. The highest BCUT2D eigenvalue weighted by Gasteiger charge is 2.66. The van der Waals surface area contributed by atoms with Gasteiger partial charge in [-0.1, -0.05) is 17.7 Å². The third-order valence-corrected chi connectivity index (χ3v) is 10.2. The minimum Gasteiger partial charge on any atom is -0.465 e. The molecule has 0 N–H and O–H groups in total. The van der Waals surface area contributed by atoms with Crippen LogP contribution in [0, 0.1) is 29.1 Å². The van der Waals surface area contributed by atoms with Crippen molar-refractivity contribution in [3.63, 3.8) is 0 Å². The Bertz CT molecular complexity index is 1310. The van der Waals surface area contributed by atoms with E-state index in [2.05, 4.69) is 17.2 Å². The fourth-order valence-corrected chi connectivity index (χ4v) is 8.51. The minimum absolute atomic E-state index is 0.249. The van der Waals surface area contributed by atoms with Crippen LogP contribution in [0.15, 0.2) is 42.1 Å². The van der Waals surface area contributed by atoms with E-state index in [1.165, 1.54) is 19.6 Å². The van der Waals surface area contributed by atoms with Gasteiger partial charge >= 0.3 is 11.9 Å². The molecule has 1 aromatic carbocycles. The zero-order chi connectivity index (χ0) is 26.7. The van der Waals surface area contributed by atoms with Gasteiger partial charge in [-0.3, -0.25) is 9.59 Å². The maximum atomic E-state index is 12.5. The van der Waals surface area contributed by atoms with E-state index in [0.29, 0.717) is 41.3 Å². The number of aromatic nitrogens is 3. The lowest BCUT2D eigenvalue weighted by atomic mass is 9.50. The van der Waals surface area contributed by atoms with E-state index in [4.69, 9.17) is 9.47 Å². The van der Waals surface area contributed by atoms with Crippen molar-refractivity contribution >= 4 is 17.7 Å². The molecule has 8 heteroatoms. The molecule has 1 aromatic heterocycles. The first kappa shape index (κ1) is 25.0. The molecular weight excluding hydrogens is 482 g/mol. The Hall–Kier alpha value is -3.29. The van der Waals surface area contributed by atoms with Crippen LogP contribution in [-0.2, 0) is 24.7 Å². The maximum absolute atomic E-state index is 12.5. The summed E-state index contributed by atoms with van der Waals surface area (Å²) in [7, 11) is 1.36. The summed E-state index contributed by atoms with van der Waals surface area (Å²) in [5.41, 5.74) is 2.20. The number of hydrogen-bond acceptors (Lipinski definition) is 7. The lowest BCUT2D eigenvalue weighted by Gasteiger charge is -2.55. The van der Waals surface area contributed by atoms with Crippen molar-refractivity contribution in [3.05, 3.63) is 53.4 Å². The van der Waals surface area contributed by atoms with E-state index in [-0.39, 0.29) is 17.2 Å². The van der Waals surface area contributed by atoms with Crippen molar-refractivity contribution in [1.82, 2.24) is 15.0 Å². The molecule has 4 aliphatic carbocycles. The third-order valence-electron chi connectivity index (χ3n) is 10.2. The minimum atomic E-state index is -0.836. The van der Waals surface area contributed by atoms with Gasteiger partial charge < -0.3 is 9.47 Å². The highest BCUT2D eigenvalue weighted by Crippen LogP contribution is 2.68. The van der Waals surface area contributed by atoms with Crippen molar-refractivity contribution < 1.29 is 23.9 Å². The molecule has 3 fully saturated rings. The van der Waals surface area contributed by atoms with Crippen LogP contribution < -0.4 is 0 Å². The smallest absolute Gasteiger partial charge is 0.337 e. The number of hydrogen-bond donors (Lipinski definition) is 0. The summed E-state index contributed by atoms with van der Waals surface area (Å²) in [6.07, 6.45) is 11.3. The molecule has 0 amide bonds. The molecule has 3 saturated carbocycles. The summed E-state index contributed by atoms with van der Waals surface area (Å²) in [6, 6.07) is 7.00. The number of allylic oxidation sites excluding steroid dienone is 1. The molecule has 0 unspecified atom stereocenters. The summed E-state index contributed by atoms with van der Waals surface area (Å²) in [6.45, 7) is 3.78. The largest absolute Gasteiger partial charge is 0.465 e. The second-order valence-electron chi connectivity index (χ2n) is 11.8. The molecule has 0 radical (unpaired) electrons. The van der Waals surface area contributed by atoms with E-state index >= 15 is 0 Å². The average Bonchev–Trinajstić information content (AvgIpc) is 3.52. The standard InChI is InChI=1S/C30H35N3O5/c1-18(34)38-30(27-17-33(32-31-27)21-7-4-19(5-8-21)28(36)37-3)15-13-26-25-10-6-20-16-22(35)9-11-23(20)24(25)12-14-29(26,30)2/h4-5,7-8,16-17,23-26H,6,9-15H2,1-3H3/t23-,24+,25+,26-,29-,30+/m0/s1. The average molecular weight is 518 g/mol. The van der Waals surface area contributed by atoms with Crippen LogP contribution >= 0.6 is 0 Å². The molecule has 8 nitrogen and oxygen atoms in total. The van der Waals surface area contributed by atoms with Crippen LogP contribution in [0.3, 0.4) is 0 Å². The Kier molecular flexibility index (Phi) is 6.04. The molecule has 2 aromatic rings. The van der Waals surface area contributed by atoms with Crippen molar-refractivity contribution in [3.8, 4) is 5.69 Å². The van der Waals surface area contributed by atoms with Crippen LogP contribution in [0.5, 0.6) is 0 Å². The van der Waals surface area contributed by atoms with Gasteiger partial charge in [-0.05, 0) is 99.0 Å². The first-order valence-corrected chi connectivity index (χ1v) is 13.8. The Balaban J connectivity index is 1.33. The van der Waals surface area contributed by atoms with Gasteiger partial charge in [-0.15, -0.1) is 5.10 Å². The summed E-state index contributed by atoms with van der Waals surface area (Å²) < 4.78 is 12.8. The van der Waals surface area contributed by atoms with Crippen molar-refractivity contribution in [2.24, 2.45) is 29.1 Å². The van der Waals surface area contributed by atoms with Crippen molar-refractivity contribution in [2.45, 2.75) is 70.8 Å². The van der Waals surface area contributed by atoms with Gasteiger partial charge in [0.1, 0.15) is 5.69 Å². The van der Waals surface area contributed by atoms with Crippen LogP contribution in [-0.4, -0.2) is 39.8 Å². The summed E-state index contributed by atoms with van der Waals surface area (Å²) in [5.74, 6) is 1.69. The second-order valence-corrected chi connectivity index (χ2v) is 11.8. The molecule has 0 bridgehead atoms. The Morgan fingerprint density at radius 3 is 2.55 bits per heavy atom. The predicted molar refractivity (Wildman–Crippen MR) is 138 cm³/mol. The Labute approximate surface area is 222 Å². The molecule has 0 spiro atoms. The number of carbonyl (C=O) groups excluding carboxylic acids is 3. The lowest BCUT2D eigenvalue weighted by molar-refractivity contribution is -0.184. The Morgan fingerprint density at radius 2 is 1.82 bits per heavy atom. The molecule has 1 heterocycles. The van der Waals surface area contributed by atoms with Gasteiger partial charge in [0, 0.05) is 18.8 Å². The van der Waals surface area contributed by atoms with Crippen molar-refractivity contribution in [1.29, 1.82) is 0 Å². The zero-order valence-electron chi connectivity index (χ0n) is 22.3. The molecule has 6 atom stereocenters. The van der Waals surface area contributed by atoms with Gasteiger partial charge in [0.15, 0.2) is 11.4 Å². The van der Waals surface area contributed by atoms with Crippen molar-refractivity contribution in [2.75, 3.05) is 7.11 Å². The number of carbonyl (C=O) groups is 3. The number of fused-ring (bicyclic) bond motifs is 5. The quantitative estimate of drug-likeness (QED) is 0.529. The molecule has 0 aliphatic heterocycles. The lowest BCUT2D eigenvalue weighted by Crippen LogP contribution is -2.53. The summed E-state index contributed by atoms with van der Waals surface area (Å²) in [4.78, 5) is 36.4. The first-order valence-electron chi connectivity index (χ1n) is 13.8. The number of methoxy groups -OCH3 is 1. The van der Waals surface area contributed by atoms with Gasteiger partial charge in [0.2, 0.25) is 0 Å². The van der Waals surface area contributed by atoms with E-state index in [9.17, 15) is 14.4 Å². The van der Waals surface area contributed by atoms with Gasteiger partial charge in [0.25, 0.3) is 0 Å². The second kappa shape index (κ2) is 9.17. The van der Waals surface area contributed by atoms with Crippen LogP contribution in [0.4, 0.5) is 0 Å².